The summed E-state index contributed by atoms with van der Waals surface area (Å²) in [6.07, 6.45) is 6.16. The molecular weight excluding hydrogens is 186 g/mol. The second-order valence-corrected chi connectivity index (χ2v) is 4.32. The molecular formula is C9H9NO2S. The Kier molecular flexibility index (Phi) is 2.59. The summed E-state index contributed by atoms with van der Waals surface area (Å²) in [5, 5.41) is 0. The molecule has 0 N–H and O–H groups in total. The number of para-hydroxylation sites is 1. The van der Waals surface area contributed by atoms with E-state index in [4.69, 9.17) is 6.42 Å². The van der Waals surface area contributed by atoms with Crippen LogP contribution in [0.4, 0.5) is 5.69 Å². The molecule has 4 heteroatoms. The van der Waals surface area contributed by atoms with E-state index < -0.39 is 10.0 Å². The van der Waals surface area contributed by atoms with Crippen LogP contribution in [0, 0.1) is 12.5 Å². The molecule has 0 aromatic heterocycles. The van der Waals surface area contributed by atoms with Gasteiger partial charge < -0.3 is 0 Å². The minimum atomic E-state index is -3.37. The van der Waals surface area contributed by atoms with Crippen molar-refractivity contribution in [2.24, 2.45) is 0 Å². The molecule has 0 saturated heterocycles. The molecule has 0 saturated carbocycles. The molecule has 0 fully saturated rings. The van der Waals surface area contributed by atoms with E-state index in [9.17, 15) is 8.42 Å². The third-order valence-corrected chi connectivity index (χ3v) is 2.42. The van der Waals surface area contributed by atoms with Crippen LogP contribution in [0.15, 0.2) is 30.3 Å². The number of terminal acetylenes is 1. The van der Waals surface area contributed by atoms with E-state index in [0.717, 1.165) is 10.6 Å². The summed E-state index contributed by atoms with van der Waals surface area (Å²) in [6, 6.07) is 10.6. The number of benzene rings is 1. The zero-order valence-electron chi connectivity index (χ0n) is 7.14. The maximum atomic E-state index is 11.1. The normalized spacial score (nSPS) is 10.5. The molecule has 0 heterocycles. The highest BCUT2D eigenvalue weighted by atomic mass is 32.2. The van der Waals surface area contributed by atoms with Crippen LogP contribution in [0.2, 0.25) is 0 Å². The van der Waals surface area contributed by atoms with E-state index in [1.54, 1.807) is 30.3 Å². The average molecular weight is 195 g/mol. The number of hydrogen-bond donors (Lipinski definition) is 0. The number of rotatable bonds is 2. The van der Waals surface area contributed by atoms with Gasteiger partial charge in [-0.3, -0.25) is 0 Å². The van der Waals surface area contributed by atoms with Gasteiger partial charge in [0.2, 0.25) is 10.0 Å². The average Bonchev–Trinajstić information content (AvgIpc) is 2.05. The third-order valence-electron chi connectivity index (χ3n) is 1.44. The molecule has 0 radical (unpaired) electrons. The number of anilines is 1. The molecule has 13 heavy (non-hydrogen) atoms. The molecule has 1 aromatic carbocycles. The zero-order chi connectivity index (χ0) is 9.90. The Balaban J connectivity index is 3.16. The maximum Gasteiger partial charge on any atom is 0.243 e. The van der Waals surface area contributed by atoms with Crippen molar-refractivity contribution in [1.29, 1.82) is 0 Å². The van der Waals surface area contributed by atoms with Gasteiger partial charge in [-0.25, -0.2) is 8.42 Å². The second-order valence-electron chi connectivity index (χ2n) is 2.49. The topological polar surface area (TPSA) is 37.4 Å². The molecule has 1 rings (SSSR count). The van der Waals surface area contributed by atoms with Crippen molar-refractivity contribution in [3.63, 3.8) is 0 Å². The molecule has 0 aliphatic heterocycles. The summed E-state index contributed by atoms with van der Waals surface area (Å²) >= 11 is 0. The van der Waals surface area contributed by atoms with E-state index in [0.29, 0.717) is 5.69 Å². The summed E-state index contributed by atoms with van der Waals surface area (Å²) in [5.41, 5.74) is 0.479. The molecule has 1 aromatic rings. The molecule has 3 nitrogen and oxygen atoms in total. The van der Waals surface area contributed by atoms with E-state index in [1.165, 1.54) is 0 Å². The Morgan fingerprint density at radius 2 is 1.85 bits per heavy atom. The van der Waals surface area contributed by atoms with Crippen LogP contribution in [0.3, 0.4) is 0 Å². The Bertz CT molecular complexity index is 417. The zero-order valence-corrected chi connectivity index (χ0v) is 7.95. The lowest BCUT2D eigenvalue weighted by molar-refractivity contribution is 0.602. The van der Waals surface area contributed by atoms with Gasteiger partial charge in [-0.1, -0.05) is 24.6 Å². The van der Waals surface area contributed by atoms with E-state index in [-0.39, 0.29) is 0 Å². The van der Waals surface area contributed by atoms with Gasteiger partial charge >= 0.3 is 0 Å². The van der Waals surface area contributed by atoms with Gasteiger partial charge in [0.05, 0.1) is 11.9 Å². The van der Waals surface area contributed by atoms with Crippen molar-refractivity contribution in [2.45, 2.75) is 0 Å². The van der Waals surface area contributed by atoms with Crippen LogP contribution in [0.1, 0.15) is 0 Å². The molecule has 0 aliphatic carbocycles. The van der Waals surface area contributed by atoms with E-state index in [1.807, 2.05) is 0 Å². The molecule has 0 amide bonds. The number of hydrogen-bond acceptors (Lipinski definition) is 2. The first-order valence-electron chi connectivity index (χ1n) is 3.57. The summed E-state index contributed by atoms with van der Waals surface area (Å²) in [6.45, 7) is 0. The molecule has 0 aliphatic rings. The van der Waals surface area contributed by atoms with Gasteiger partial charge in [0, 0.05) is 6.04 Å². The maximum absolute atomic E-state index is 11.1. The second kappa shape index (κ2) is 3.50. The van der Waals surface area contributed by atoms with E-state index >= 15 is 0 Å². The standard InChI is InChI=1S/C9H9NO2S/c1-3-10(13(2,11)12)9-7-5-4-6-8-9/h1,4-8H,2H3. The predicted molar refractivity (Wildman–Crippen MR) is 52.6 cm³/mol. The summed E-state index contributed by atoms with van der Waals surface area (Å²) in [4.78, 5) is 0. The fraction of sp³-hybridized carbons (Fsp3) is 0.111. The van der Waals surface area contributed by atoms with Crippen molar-refractivity contribution in [2.75, 3.05) is 10.6 Å². The number of nitrogens with zero attached hydrogens (tertiary/aromatic N) is 1. The van der Waals surface area contributed by atoms with Crippen LogP contribution in [-0.2, 0) is 10.0 Å². The predicted octanol–water partition coefficient (Wildman–Crippen LogP) is 1.04. The highest BCUT2D eigenvalue weighted by molar-refractivity contribution is 7.92. The lowest BCUT2D eigenvalue weighted by Crippen LogP contribution is -2.23. The minimum absolute atomic E-state index is 0.479. The monoisotopic (exact) mass is 195 g/mol. The van der Waals surface area contributed by atoms with Crippen LogP contribution < -0.4 is 4.31 Å². The molecule has 0 bridgehead atoms. The van der Waals surface area contributed by atoms with Gasteiger partial charge in [0.25, 0.3) is 0 Å². The Labute approximate surface area is 78.0 Å². The van der Waals surface area contributed by atoms with Crippen molar-refractivity contribution in [3.05, 3.63) is 30.3 Å². The van der Waals surface area contributed by atoms with Crippen LogP contribution in [-0.4, -0.2) is 14.7 Å². The minimum Gasteiger partial charge on any atom is -0.206 e. The highest BCUT2D eigenvalue weighted by Crippen LogP contribution is 2.14. The Hall–Kier alpha value is -1.47. The first kappa shape index (κ1) is 9.62. The molecule has 0 spiro atoms. The van der Waals surface area contributed by atoms with Crippen LogP contribution in [0.5, 0.6) is 0 Å². The van der Waals surface area contributed by atoms with Gasteiger partial charge in [0.15, 0.2) is 0 Å². The Morgan fingerprint density at radius 3 is 2.23 bits per heavy atom. The van der Waals surface area contributed by atoms with E-state index in [2.05, 4.69) is 6.04 Å². The third kappa shape index (κ3) is 2.23. The Morgan fingerprint density at radius 1 is 1.31 bits per heavy atom. The number of sulfonamides is 1. The largest absolute Gasteiger partial charge is 0.243 e. The smallest absolute Gasteiger partial charge is 0.206 e. The lowest BCUT2D eigenvalue weighted by atomic mass is 10.3. The van der Waals surface area contributed by atoms with Crippen LogP contribution >= 0.6 is 0 Å². The summed E-state index contributed by atoms with van der Waals surface area (Å²) in [7, 11) is -3.37. The van der Waals surface area contributed by atoms with Gasteiger partial charge in [-0.05, 0) is 12.1 Å². The fourth-order valence-corrected chi connectivity index (χ4v) is 1.62. The first-order valence-corrected chi connectivity index (χ1v) is 5.42. The lowest BCUT2D eigenvalue weighted by Gasteiger charge is -2.13. The molecule has 0 unspecified atom stereocenters. The quantitative estimate of drug-likeness (QED) is 0.522. The SMILES string of the molecule is C#CN(c1ccccc1)S(C)(=O)=O. The van der Waals surface area contributed by atoms with Crippen molar-refractivity contribution in [1.82, 2.24) is 0 Å². The summed E-state index contributed by atoms with van der Waals surface area (Å²) < 4.78 is 23.2. The highest BCUT2D eigenvalue weighted by Gasteiger charge is 2.13. The molecule has 68 valence electrons. The fourth-order valence-electron chi connectivity index (χ4n) is 0.925. The van der Waals surface area contributed by atoms with Crippen molar-refractivity contribution < 1.29 is 8.42 Å². The summed E-state index contributed by atoms with van der Waals surface area (Å²) in [5.74, 6) is 0. The first-order chi connectivity index (χ1) is 6.05. The van der Waals surface area contributed by atoms with Gasteiger partial charge in [0.1, 0.15) is 0 Å². The molecule has 0 atom stereocenters. The van der Waals surface area contributed by atoms with Crippen LogP contribution in [0.25, 0.3) is 0 Å². The van der Waals surface area contributed by atoms with Gasteiger partial charge in [-0.2, -0.15) is 4.31 Å². The van der Waals surface area contributed by atoms with Crippen molar-refractivity contribution >= 4 is 15.7 Å². The van der Waals surface area contributed by atoms with Crippen molar-refractivity contribution in [3.8, 4) is 12.5 Å². The van der Waals surface area contributed by atoms with Gasteiger partial charge in [-0.15, -0.1) is 0 Å².